The van der Waals surface area contributed by atoms with Crippen molar-refractivity contribution in [3.05, 3.63) is 83.7 Å². The minimum atomic E-state index is -1.10. The first-order valence-electron chi connectivity index (χ1n) is 9.74. The molecule has 32 heavy (non-hydrogen) atoms. The number of carboxylic acids is 1. The molecule has 3 aromatic rings. The number of carbonyl (C=O) groups is 2. The molecular weight excluding hydrogens is 417 g/mol. The number of para-hydroxylation sites is 1. The minimum Gasteiger partial charge on any atom is -0.496 e. The average molecular weight is 439 g/mol. The summed E-state index contributed by atoms with van der Waals surface area (Å²) in [7, 11) is 1.41. The van der Waals surface area contributed by atoms with Gasteiger partial charge in [0.2, 0.25) is 0 Å². The zero-order chi connectivity index (χ0) is 23.1. The second-order valence-electron chi connectivity index (χ2n) is 6.82. The van der Waals surface area contributed by atoms with Gasteiger partial charge in [0.15, 0.2) is 17.7 Å². The molecule has 0 bridgehead atoms. The highest BCUT2D eigenvalue weighted by atomic mass is 19.1. The van der Waals surface area contributed by atoms with Crippen LogP contribution in [0, 0.1) is 5.82 Å². The van der Waals surface area contributed by atoms with Gasteiger partial charge in [-0.2, -0.15) is 0 Å². The van der Waals surface area contributed by atoms with E-state index < -0.39 is 17.9 Å². The summed E-state index contributed by atoms with van der Waals surface area (Å²) in [6.45, 7) is 1.65. The fourth-order valence-electron chi connectivity index (χ4n) is 2.79. The quantitative estimate of drug-likeness (QED) is 0.513. The molecule has 0 aliphatic rings. The van der Waals surface area contributed by atoms with Gasteiger partial charge in [-0.3, -0.25) is 4.79 Å². The van der Waals surface area contributed by atoms with Gasteiger partial charge in [0.1, 0.15) is 17.2 Å². The molecule has 0 aliphatic carbocycles. The van der Waals surface area contributed by atoms with E-state index in [1.54, 1.807) is 36.4 Å². The Balaban J connectivity index is 1.61. The molecule has 1 unspecified atom stereocenters. The topological polar surface area (TPSA) is 94.1 Å². The maximum atomic E-state index is 13.7. The first kappa shape index (κ1) is 22.6. The van der Waals surface area contributed by atoms with E-state index in [1.807, 2.05) is 0 Å². The van der Waals surface area contributed by atoms with Gasteiger partial charge in [0.05, 0.1) is 12.7 Å². The number of amides is 1. The van der Waals surface area contributed by atoms with Gasteiger partial charge in [-0.25, -0.2) is 9.18 Å². The van der Waals surface area contributed by atoms with Gasteiger partial charge in [0, 0.05) is 12.6 Å². The molecule has 1 atom stereocenters. The number of hydrogen-bond acceptors (Lipinski definition) is 5. The van der Waals surface area contributed by atoms with E-state index in [2.05, 4.69) is 5.32 Å². The van der Waals surface area contributed by atoms with Crippen molar-refractivity contribution in [3.8, 4) is 23.0 Å². The Labute approximate surface area is 184 Å². The fraction of sp³-hybridized carbons (Fsp3) is 0.167. The Morgan fingerprint density at radius 1 is 1.00 bits per heavy atom. The van der Waals surface area contributed by atoms with Crippen LogP contribution in [0.15, 0.2) is 66.7 Å². The summed E-state index contributed by atoms with van der Waals surface area (Å²) in [4.78, 5) is 23.5. The second-order valence-corrected chi connectivity index (χ2v) is 6.82. The van der Waals surface area contributed by atoms with Crippen LogP contribution in [0.2, 0.25) is 0 Å². The molecule has 3 rings (SSSR count). The Bertz CT molecular complexity index is 1100. The van der Waals surface area contributed by atoms with E-state index in [0.29, 0.717) is 5.75 Å². The van der Waals surface area contributed by atoms with Crippen LogP contribution >= 0.6 is 0 Å². The molecule has 166 valence electrons. The first-order valence-corrected chi connectivity index (χ1v) is 9.74. The van der Waals surface area contributed by atoms with Gasteiger partial charge in [-0.15, -0.1) is 0 Å². The van der Waals surface area contributed by atoms with Gasteiger partial charge in [0.25, 0.3) is 5.91 Å². The molecule has 0 aliphatic heterocycles. The van der Waals surface area contributed by atoms with Gasteiger partial charge >= 0.3 is 5.97 Å². The molecule has 0 heterocycles. The summed E-state index contributed by atoms with van der Waals surface area (Å²) in [5.41, 5.74) is 1.09. The SMILES string of the molecule is COc1cc(OC(C)C(=O)O)ccc1C(=O)NCc1ccc(Oc2ccccc2F)cc1. The highest BCUT2D eigenvalue weighted by Gasteiger charge is 2.17. The molecule has 0 radical (unpaired) electrons. The van der Waals surface area contributed by atoms with Crippen LogP contribution in [0.4, 0.5) is 4.39 Å². The lowest BCUT2D eigenvalue weighted by Gasteiger charge is -2.14. The largest absolute Gasteiger partial charge is 0.496 e. The van der Waals surface area contributed by atoms with Crippen LogP contribution in [-0.2, 0) is 11.3 Å². The zero-order valence-electron chi connectivity index (χ0n) is 17.5. The summed E-state index contributed by atoms with van der Waals surface area (Å²) in [6.07, 6.45) is -1.04. The van der Waals surface area contributed by atoms with E-state index in [1.165, 1.54) is 44.4 Å². The highest BCUT2D eigenvalue weighted by molar-refractivity contribution is 5.97. The van der Waals surface area contributed by atoms with Gasteiger partial charge in [-0.05, 0) is 48.9 Å². The zero-order valence-corrected chi connectivity index (χ0v) is 17.5. The van der Waals surface area contributed by atoms with Crippen LogP contribution in [0.25, 0.3) is 0 Å². The van der Waals surface area contributed by atoms with E-state index >= 15 is 0 Å². The summed E-state index contributed by atoms with van der Waals surface area (Å²) in [5, 5.41) is 11.7. The van der Waals surface area contributed by atoms with Crippen molar-refractivity contribution in [3.63, 3.8) is 0 Å². The molecule has 0 aromatic heterocycles. The summed E-state index contributed by atoms with van der Waals surface area (Å²) in [6, 6.07) is 17.5. The smallest absolute Gasteiger partial charge is 0.344 e. The van der Waals surface area contributed by atoms with Crippen LogP contribution in [0.3, 0.4) is 0 Å². The molecule has 2 N–H and O–H groups in total. The lowest BCUT2D eigenvalue weighted by atomic mass is 10.1. The van der Waals surface area contributed by atoms with Crippen molar-refractivity contribution in [2.75, 3.05) is 7.11 Å². The number of methoxy groups -OCH3 is 1. The lowest BCUT2D eigenvalue weighted by Crippen LogP contribution is -2.24. The van der Waals surface area contributed by atoms with Crippen LogP contribution in [-0.4, -0.2) is 30.2 Å². The third-order valence-electron chi connectivity index (χ3n) is 4.52. The maximum absolute atomic E-state index is 13.7. The predicted molar refractivity (Wildman–Crippen MR) is 115 cm³/mol. The molecule has 1 amide bonds. The molecule has 0 saturated carbocycles. The Hall–Kier alpha value is -4.07. The fourth-order valence-corrected chi connectivity index (χ4v) is 2.79. The van der Waals surface area contributed by atoms with Crippen molar-refractivity contribution in [1.29, 1.82) is 0 Å². The number of ether oxygens (including phenoxy) is 3. The van der Waals surface area contributed by atoms with Gasteiger partial charge in [-0.1, -0.05) is 24.3 Å². The van der Waals surface area contributed by atoms with Crippen molar-refractivity contribution in [2.24, 2.45) is 0 Å². The van der Waals surface area contributed by atoms with Crippen molar-refractivity contribution in [2.45, 2.75) is 19.6 Å². The molecular formula is C24H22FNO6. The Morgan fingerprint density at radius 2 is 1.69 bits per heavy atom. The lowest BCUT2D eigenvalue weighted by molar-refractivity contribution is -0.144. The highest BCUT2D eigenvalue weighted by Crippen LogP contribution is 2.26. The number of benzene rings is 3. The minimum absolute atomic E-state index is 0.130. The standard InChI is InChI=1S/C24H22FNO6/c1-15(24(28)29)31-18-11-12-19(22(13-18)30-2)23(27)26-14-16-7-9-17(10-8-16)32-21-6-4-3-5-20(21)25/h3-13,15H,14H2,1-2H3,(H,26,27)(H,28,29). The number of halogens is 1. The number of rotatable bonds is 9. The van der Waals surface area contributed by atoms with E-state index in [0.717, 1.165) is 5.56 Å². The van der Waals surface area contributed by atoms with Crippen molar-refractivity contribution < 1.29 is 33.3 Å². The molecule has 3 aromatic carbocycles. The molecule has 0 spiro atoms. The second kappa shape index (κ2) is 10.3. The monoisotopic (exact) mass is 439 g/mol. The van der Waals surface area contributed by atoms with E-state index in [-0.39, 0.29) is 35.3 Å². The van der Waals surface area contributed by atoms with Crippen molar-refractivity contribution in [1.82, 2.24) is 5.32 Å². The average Bonchev–Trinajstić information content (AvgIpc) is 2.79. The number of nitrogens with one attached hydrogen (secondary N) is 1. The number of carboxylic acid groups (broad SMARTS) is 1. The van der Waals surface area contributed by atoms with E-state index in [4.69, 9.17) is 19.3 Å². The third kappa shape index (κ3) is 5.75. The summed E-state index contributed by atoms with van der Waals surface area (Å²) >= 11 is 0. The van der Waals surface area contributed by atoms with Crippen molar-refractivity contribution >= 4 is 11.9 Å². The van der Waals surface area contributed by atoms with E-state index in [9.17, 15) is 14.0 Å². The number of carbonyl (C=O) groups excluding carboxylic acids is 1. The van der Waals surface area contributed by atoms with Gasteiger partial charge < -0.3 is 24.6 Å². The predicted octanol–water partition coefficient (Wildman–Crippen LogP) is 4.41. The van der Waals surface area contributed by atoms with Crippen LogP contribution < -0.4 is 19.5 Å². The third-order valence-corrected chi connectivity index (χ3v) is 4.52. The number of hydrogen-bond donors (Lipinski definition) is 2. The molecule has 0 fully saturated rings. The number of aliphatic carboxylic acids is 1. The molecule has 8 heteroatoms. The van der Waals surface area contributed by atoms with Crippen LogP contribution in [0.1, 0.15) is 22.8 Å². The summed E-state index contributed by atoms with van der Waals surface area (Å²) in [5.74, 6) is -0.789. The Kier molecular flexibility index (Phi) is 7.28. The summed E-state index contributed by atoms with van der Waals surface area (Å²) < 4.78 is 29.8. The molecule has 7 nitrogen and oxygen atoms in total. The van der Waals surface area contributed by atoms with Crippen LogP contribution in [0.5, 0.6) is 23.0 Å². The maximum Gasteiger partial charge on any atom is 0.344 e. The first-order chi connectivity index (χ1) is 15.4. The Morgan fingerprint density at radius 3 is 2.34 bits per heavy atom. The normalized spacial score (nSPS) is 11.3. The molecule has 0 saturated heterocycles.